The summed E-state index contributed by atoms with van der Waals surface area (Å²) in [7, 11) is -3.80. The van der Waals surface area contributed by atoms with Crippen molar-refractivity contribution in [1.29, 1.82) is 0 Å². The predicted octanol–water partition coefficient (Wildman–Crippen LogP) is 4.00. The number of fused-ring (bicyclic) bond motifs is 1. The van der Waals surface area contributed by atoms with Crippen LogP contribution in [0.5, 0.6) is 0 Å². The lowest BCUT2D eigenvalue weighted by atomic mass is 10.1. The number of aryl methyl sites for hydroxylation is 1. The van der Waals surface area contributed by atoms with Gasteiger partial charge in [0.1, 0.15) is 4.88 Å². The molecule has 0 aliphatic rings. The molecule has 8 heteroatoms. The highest BCUT2D eigenvalue weighted by Crippen LogP contribution is 2.37. The Balaban J connectivity index is 1.89. The van der Waals surface area contributed by atoms with Crippen LogP contribution in [0.3, 0.4) is 0 Å². The van der Waals surface area contributed by atoms with Gasteiger partial charge in [-0.25, -0.2) is 13.6 Å². The van der Waals surface area contributed by atoms with E-state index in [1.807, 2.05) is 25.1 Å². The van der Waals surface area contributed by atoms with Gasteiger partial charge in [0, 0.05) is 10.1 Å². The van der Waals surface area contributed by atoms with E-state index in [1.54, 1.807) is 19.1 Å². The first kappa shape index (κ1) is 18.8. The highest BCUT2D eigenvalue weighted by Gasteiger charge is 2.20. The number of sulfonamides is 1. The molecule has 3 aromatic rings. The smallest absolute Gasteiger partial charge is 0.263 e. The molecule has 2 aromatic carbocycles. The maximum Gasteiger partial charge on any atom is 0.263 e. The normalized spacial score (nSPS) is 12.9. The quantitative estimate of drug-likeness (QED) is 0.683. The Bertz CT molecular complexity index is 1110. The first-order valence-corrected chi connectivity index (χ1v) is 10.5. The SMILES string of the molecule is Cc1cccc2sc(C(=O)N[C@@H](C)c3cccc(S(N)(=O)=O)c3)c(Cl)c12. The summed E-state index contributed by atoms with van der Waals surface area (Å²) < 4.78 is 24.0. The van der Waals surface area contributed by atoms with E-state index in [0.717, 1.165) is 15.6 Å². The first-order valence-electron chi connectivity index (χ1n) is 7.79. The number of halogens is 1. The van der Waals surface area contributed by atoms with Crippen molar-refractivity contribution in [2.45, 2.75) is 24.8 Å². The Morgan fingerprint density at radius 3 is 2.58 bits per heavy atom. The van der Waals surface area contributed by atoms with E-state index in [4.69, 9.17) is 16.7 Å². The van der Waals surface area contributed by atoms with Crippen molar-refractivity contribution >= 4 is 49.0 Å². The molecule has 1 aromatic heterocycles. The maximum absolute atomic E-state index is 12.7. The molecule has 0 saturated heterocycles. The molecule has 0 unspecified atom stereocenters. The number of amides is 1. The van der Waals surface area contributed by atoms with Crippen molar-refractivity contribution in [3.05, 3.63) is 63.5 Å². The van der Waals surface area contributed by atoms with Crippen molar-refractivity contribution in [1.82, 2.24) is 5.32 Å². The number of carbonyl (C=O) groups excluding carboxylic acids is 1. The molecule has 3 N–H and O–H groups in total. The van der Waals surface area contributed by atoms with Crippen LogP contribution in [-0.4, -0.2) is 14.3 Å². The molecule has 136 valence electrons. The fourth-order valence-electron chi connectivity index (χ4n) is 2.73. The zero-order valence-electron chi connectivity index (χ0n) is 14.1. The lowest BCUT2D eigenvalue weighted by Crippen LogP contribution is -2.26. The van der Waals surface area contributed by atoms with Gasteiger partial charge in [0.2, 0.25) is 10.0 Å². The van der Waals surface area contributed by atoms with Gasteiger partial charge < -0.3 is 5.32 Å². The molecule has 26 heavy (non-hydrogen) atoms. The molecular formula is C18H17ClN2O3S2. The second-order valence-electron chi connectivity index (χ2n) is 6.01. The number of nitrogens with one attached hydrogen (secondary N) is 1. The van der Waals surface area contributed by atoms with Gasteiger partial charge in [-0.15, -0.1) is 11.3 Å². The van der Waals surface area contributed by atoms with E-state index < -0.39 is 16.1 Å². The molecule has 0 radical (unpaired) electrons. The molecule has 0 spiro atoms. The minimum Gasteiger partial charge on any atom is -0.345 e. The fourth-order valence-corrected chi connectivity index (χ4v) is 4.88. The number of hydrogen-bond donors (Lipinski definition) is 2. The van der Waals surface area contributed by atoms with Crippen molar-refractivity contribution in [2.24, 2.45) is 5.14 Å². The van der Waals surface area contributed by atoms with Crippen LogP contribution in [0, 0.1) is 6.92 Å². The van der Waals surface area contributed by atoms with Crippen LogP contribution in [0.4, 0.5) is 0 Å². The summed E-state index contributed by atoms with van der Waals surface area (Å²) in [6.45, 7) is 3.72. The lowest BCUT2D eigenvalue weighted by molar-refractivity contribution is 0.0944. The Labute approximate surface area is 160 Å². The van der Waals surface area contributed by atoms with Gasteiger partial charge >= 0.3 is 0 Å². The Morgan fingerprint density at radius 2 is 1.92 bits per heavy atom. The van der Waals surface area contributed by atoms with Crippen LogP contribution in [0.2, 0.25) is 5.02 Å². The molecule has 0 saturated carbocycles. The molecule has 3 rings (SSSR count). The van der Waals surface area contributed by atoms with Gasteiger partial charge in [-0.1, -0.05) is 35.9 Å². The zero-order chi connectivity index (χ0) is 19.1. The maximum atomic E-state index is 12.7. The summed E-state index contributed by atoms with van der Waals surface area (Å²) in [6.07, 6.45) is 0. The molecule has 1 amide bonds. The van der Waals surface area contributed by atoms with Crippen LogP contribution in [0.15, 0.2) is 47.4 Å². The summed E-state index contributed by atoms with van der Waals surface area (Å²) in [5.41, 5.74) is 1.65. The van der Waals surface area contributed by atoms with Gasteiger partial charge in [-0.3, -0.25) is 4.79 Å². The number of thiophene rings is 1. The number of carbonyl (C=O) groups is 1. The van der Waals surface area contributed by atoms with Crippen LogP contribution in [0.1, 0.15) is 33.8 Å². The van der Waals surface area contributed by atoms with Gasteiger partial charge in [-0.2, -0.15) is 0 Å². The average Bonchev–Trinajstić information content (AvgIpc) is 2.92. The van der Waals surface area contributed by atoms with E-state index in [9.17, 15) is 13.2 Å². The summed E-state index contributed by atoms with van der Waals surface area (Å²) in [5.74, 6) is -0.302. The van der Waals surface area contributed by atoms with Gasteiger partial charge in [0.15, 0.2) is 0 Å². The third-order valence-corrected chi connectivity index (χ3v) is 6.66. The summed E-state index contributed by atoms with van der Waals surface area (Å²) >= 11 is 7.76. The molecular weight excluding hydrogens is 392 g/mol. The molecule has 1 heterocycles. The number of primary sulfonamides is 1. The summed E-state index contributed by atoms with van der Waals surface area (Å²) in [6, 6.07) is 11.6. The topological polar surface area (TPSA) is 89.3 Å². The van der Waals surface area contributed by atoms with Crippen molar-refractivity contribution < 1.29 is 13.2 Å². The number of rotatable bonds is 4. The standard InChI is InChI=1S/C18H17ClN2O3S2/c1-10-5-3-8-14-15(10)16(19)17(25-14)18(22)21-11(2)12-6-4-7-13(9-12)26(20,23)24/h3-9,11H,1-2H3,(H,21,22)(H2,20,23,24)/t11-/m0/s1. The third kappa shape index (κ3) is 3.61. The van der Waals surface area contributed by atoms with Crippen LogP contribution in [-0.2, 0) is 10.0 Å². The second-order valence-corrected chi connectivity index (χ2v) is 9.00. The number of nitrogens with two attached hydrogens (primary N) is 1. The summed E-state index contributed by atoms with van der Waals surface area (Å²) in [4.78, 5) is 13.1. The average molecular weight is 409 g/mol. The molecule has 1 atom stereocenters. The Hall–Kier alpha value is -1.93. The largest absolute Gasteiger partial charge is 0.345 e. The lowest BCUT2D eigenvalue weighted by Gasteiger charge is -2.14. The highest BCUT2D eigenvalue weighted by molar-refractivity contribution is 7.89. The Morgan fingerprint density at radius 1 is 1.23 bits per heavy atom. The van der Waals surface area contributed by atoms with Crippen LogP contribution in [0.25, 0.3) is 10.1 Å². The van der Waals surface area contributed by atoms with Crippen LogP contribution < -0.4 is 10.5 Å². The third-order valence-electron chi connectivity index (χ3n) is 4.11. The van der Waals surface area contributed by atoms with Crippen LogP contribution >= 0.6 is 22.9 Å². The minimum absolute atomic E-state index is 0.00613. The van der Waals surface area contributed by atoms with Gasteiger partial charge in [0.05, 0.1) is 16.0 Å². The van der Waals surface area contributed by atoms with E-state index in [1.165, 1.54) is 23.5 Å². The van der Waals surface area contributed by atoms with Gasteiger partial charge in [-0.05, 0) is 43.2 Å². The fraction of sp³-hybridized carbons (Fsp3) is 0.167. The molecule has 0 fully saturated rings. The summed E-state index contributed by atoms with van der Waals surface area (Å²) in [5, 5.41) is 9.35. The van der Waals surface area contributed by atoms with E-state index >= 15 is 0 Å². The minimum atomic E-state index is -3.80. The molecule has 0 bridgehead atoms. The number of benzene rings is 2. The second kappa shape index (κ2) is 7.00. The first-order chi connectivity index (χ1) is 12.2. The number of hydrogen-bond acceptors (Lipinski definition) is 4. The monoisotopic (exact) mass is 408 g/mol. The molecule has 0 aliphatic heterocycles. The highest BCUT2D eigenvalue weighted by atomic mass is 35.5. The van der Waals surface area contributed by atoms with Gasteiger partial charge in [0.25, 0.3) is 5.91 Å². The van der Waals surface area contributed by atoms with Crippen molar-refractivity contribution in [3.63, 3.8) is 0 Å². The van der Waals surface area contributed by atoms with Crippen molar-refractivity contribution in [2.75, 3.05) is 0 Å². The van der Waals surface area contributed by atoms with E-state index in [2.05, 4.69) is 5.32 Å². The van der Waals surface area contributed by atoms with E-state index in [-0.39, 0.29) is 10.8 Å². The predicted molar refractivity (Wildman–Crippen MR) is 105 cm³/mol. The zero-order valence-corrected chi connectivity index (χ0v) is 16.5. The van der Waals surface area contributed by atoms with E-state index in [0.29, 0.717) is 15.5 Å². The molecule has 0 aliphatic carbocycles. The Kier molecular flexibility index (Phi) is 5.07. The van der Waals surface area contributed by atoms with Crippen molar-refractivity contribution in [3.8, 4) is 0 Å². The molecule has 5 nitrogen and oxygen atoms in total.